The summed E-state index contributed by atoms with van der Waals surface area (Å²) in [6.45, 7) is 4.48. The molecule has 0 saturated carbocycles. The van der Waals surface area contributed by atoms with Crippen LogP contribution in [-0.2, 0) is 22.3 Å². The first-order chi connectivity index (χ1) is 21.2. The zero-order valence-corrected chi connectivity index (χ0v) is 24.7. The van der Waals surface area contributed by atoms with E-state index in [1.54, 1.807) is 65.8 Å². The van der Waals surface area contributed by atoms with Gasteiger partial charge in [-0.1, -0.05) is 42.2 Å². The Balaban J connectivity index is 1.16. The highest BCUT2D eigenvalue weighted by molar-refractivity contribution is 7.89. The molecule has 0 radical (unpaired) electrons. The van der Waals surface area contributed by atoms with Crippen molar-refractivity contribution in [1.82, 2.24) is 24.8 Å². The molecule has 1 aliphatic heterocycles. The highest BCUT2D eigenvalue weighted by Crippen LogP contribution is 2.16. The number of carbonyl (C=O) groups excluding carboxylic acids is 2. The van der Waals surface area contributed by atoms with E-state index in [2.05, 4.69) is 27.0 Å². The van der Waals surface area contributed by atoms with Crippen LogP contribution in [0.4, 0.5) is 5.82 Å². The lowest BCUT2D eigenvalue weighted by molar-refractivity contribution is -0.694. The maximum Gasteiger partial charge on any atom is 0.285 e. The summed E-state index contributed by atoms with van der Waals surface area (Å²) >= 11 is 0. The van der Waals surface area contributed by atoms with E-state index in [0.717, 1.165) is 0 Å². The third-order valence-corrected chi connectivity index (χ3v) is 8.04. The number of pyridine rings is 2. The second-order valence-electron chi connectivity index (χ2n) is 10.1. The maximum atomic E-state index is 13.2. The van der Waals surface area contributed by atoms with Crippen LogP contribution in [0.2, 0.25) is 0 Å². The zero-order valence-electron chi connectivity index (χ0n) is 23.9. The van der Waals surface area contributed by atoms with Gasteiger partial charge in [0.1, 0.15) is 6.54 Å². The molecule has 224 valence electrons. The Labute approximate surface area is 255 Å². The van der Waals surface area contributed by atoms with E-state index in [1.165, 1.54) is 12.3 Å². The topological polar surface area (TPSA) is 150 Å². The first-order valence-electron chi connectivity index (χ1n) is 13.9. The largest absolute Gasteiger partial charge is 0.503 e. The number of hydrogen-bond donors (Lipinski definition) is 2. The van der Waals surface area contributed by atoms with Crippen LogP contribution in [0.1, 0.15) is 44.5 Å². The van der Waals surface area contributed by atoms with Gasteiger partial charge in [0.2, 0.25) is 16.2 Å². The van der Waals surface area contributed by atoms with Gasteiger partial charge in [-0.05, 0) is 30.7 Å². The maximum absolute atomic E-state index is 13.2. The Morgan fingerprint density at radius 1 is 0.955 bits per heavy atom. The number of rotatable bonds is 7. The molecule has 0 aliphatic carbocycles. The SMILES string of the molecule is CC[n+]1cc(O)cc(C#Cc2cncc(C(=O)N3CCN(c4ccc(C(=O)NS(=O)(=O)Cc5ccccc5)nn4)CC3)c2)c1. The average Bonchev–Trinajstić information content (AvgIpc) is 3.03. The molecular formula is C31H30N7O5S+. The molecule has 0 unspecified atom stereocenters. The molecule has 1 saturated heterocycles. The van der Waals surface area contributed by atoms with E-state index in [4.69, 9.17) is 0 Å². The number of sulfonamides is 1. The van der Waals surface area contributed by atoms with E-state index < -0.39 is 15.9 Å². The zero-order chi connectivity index (χ0) is 31.1. The van der Waals surface area contributed by atoms with Crippen molar-refractivity contribution < 1.29 is 27.7 Å². The van der Waals surface area contributed by atoms with E-state index in [1.807, 2.05) is 27.3 Å². The van der Waals surface area contributed by atoms with Gasteiger partial charge in [0, 0.05) is 50.2 Å². The number of nitrogens with one attached hydrogen (secondary N) is 1. The first-order valence-corrected chi connectivity index (χ1v) is 15.5. The lowest BCUT2D eigenvalue weighted by atomic mass is 10.1. The minimum absolute atomic E-state index is 0.122. The molecule has 13 heteroatoms. The van der Waals surface area contributed by atoms with Crippen molar-refractivity contribution in [2.45, 2.75) is 19.2 Å². The molecule has 4 heterocycles. The van der Waals surface area contributed by atoms with Crippen molar-refractivity contribution in [2.24, 2.45) is 0 Å². The van der Waals surface area contributed by atoms with E-state index in [-0.39, 0.29) is 23.1 Å². The number of carbonyl (C=O) groups is 2. The molecule has 0 spiro atoms. The number of nitrogens with zero attached hydrogens (tertiary/aromatic N) is 6. The van der Waals surface area contributed by atoms with Crippen molar-refractivity contribution in [1.29, 1.82) is 0 Å². The Kier molecular flexibility index (Phi) is 9.11. The number of aromatic hydroxyl groups is 1. The van der Waals surface area contributed by atoms with Gasteiger partial charge >= 0.3 is 0 Å². The summed E-state index contributed by atoms with van der Waals surface area (Å²) in [5.41, 5.74) is 2.07. The minimum atomic E-state index is -3.91. The number of amides is 2. The van der Waals surface area contributed by atoms with Crippen molar-refractivity contribution in [3.63, 3.8) is 0 Å². The first kappa shape index (κ1) is 30.1. The Bertz CT molecular complexity index is 1830. The van der Waals surface area contributed by atoms with Crippen LogP contribution in [0, 0.1) is 11.8 Å². The summed E-state index contributed by atoms with van der Waals surface area (Å²) in [5.74, 6) is 5.29. The highest BCUT2D eigenvalue weighted by Gasteiger charge is 2.24. The van der Waals surface area contributed by atoms with Gasteiger partial charge in [-0.25, -0.2) is 17.7 Å². The Hall–Kier alpha value is -5.35. The fourth-order valence-electron chi connectivity index (χ4n) is 4.60. The van der Waals surface area contributed by atoms with Crippen molar-refractivity contribution in [3.8, 4) is 17.6 Å². The van der Waals surface area contributed by atoms with E-state index in [9.17, 15) is 23.1 Å². The molecule has 0 atom stereocenters. The van der Waals surface area contributed by atoms with Gasteiger partial charge in [-0.3, -0.25) is 14.6 Å². The minimum Gasteiger partial charge on any atom is -0.503 e. The molecule has 1 fully saturated rings. The van der Waals surface area contributed by atoms with Crippen LogP contribution >= 0.6 is 0 Å². The third-order valence-electron chi connectivity index (χ3n) is 6.83. The van der Waals surface area contributed by atoms with Crippen LogP contribution in [0.25, 0.3) is 0 Å². The summed E-state index contributed by atoms with van der Waals surface area (Å²) in [6.07, 6.45) is 6.54. The van der Waals surface area contributed by atoms with Crippen molar-refractivity contribution >= 4 is 27.7 Å². The van der Waals surface area contributed by atoms with Gasteiger partial charge in [0.15, 0.2) is 23.5 Å². The molecular weight excluding hydrogens is 582 g/mol. The van der Waals surface area contributed by atoms with Crippen LogP contribution in [0.5, 0.6) is 5.75 Å². The standard InChI is InChI=1S/C31H29N7O5S/c1-2-36-20-25(17-27(39)21-36)9-8-24-16-26(19-32-18-24)31(41)38-14-12-37(13-15-38)29-11-10-28(33-34-29)30(40)35-44(42,43)22-23-6-4-3-5-7-23/h3-7,10-11,16-21H,2,12-15,22H2,1H3,(H-,35,39,40)/p+1. The number of aryl methyl sites for hydroxylation is 1. The lowest BCUT2D eigenvalue weighted by Gasteiger charge is -2.35. The van der Waals surface area contributed by atoms with Crippen LogP contribution in [0.3, 0.4) is 0 Å². The fourth-order valence-corrected chi connectivity index (χ4v) is 5.69. The summed E-state index contributed by atoms with van der Waals surface area (Å²) in [4.78, 5) is 33.5. The third kappa shape index (κ3) is 7.73. The van der Waals surface area contributed by atoms with Crippen LogP contribution in [-0.4, -0.2) is 71.6 Å². The predicted octanol–water partition coefficient (Wildman–Crippen LogP) is 1.51. The lowest BCUT2D eigenvalue weighted by Crippen LogP contribution is -2.49. The number of anilines is 1. The second-order valence-corrected chi connectivity index (χ2v) is 11.8. The monoisotopic (exact) mass is 612 g/mol. The molecule has 0 bridgehead atoms. The molecule has 4 aromatic rings. The van der Waals surface area contributed by atoms with Gasteiger partial charge in [0.05, 0.1) is 16.9 Å². The number of aromatic nitrogens is 4. The van der Waals surface area contributed by atoms with Gasteiger partial charge in [0.25, 0.3) is 11.8 Å². The molecule has 1 aromatic carbocycles. The second kappa shape index (κ2) is 13.3. The summed E-state index contributed by atoms with van der Waals surface area (Å²) in [7, 11) is -3.91. The smallest absolute Gasteiger partial charge is 0.285 e. The van der Waals surface area contributed by atoms with Crippen molar-refractivity contribution in [3.05, 3.63) is 107 Å². The highest BCUT2D eigenvalue weighted by atomic mass is 32.2. The van der Waals surface area contributed by atoms with Gasteiger partial charge < -0.3 is 14.9 Å². The normalized spacial score (nSPS) is 13.1. The van der Waals surface area contributed by atoms with Gasteiger partial charge in [-0.15, -0.1) is 10.2 Å². The van der Waals surface area contributed by atoms with Crippen molar-refractivity contribution in [2.75, 3.05) is 31.1 Å². The molecule has 12 nitrogen and oxygen atoms in total. The summed E-state index contributed by atoms with van der Waals surface area (Å²) < 4.78 is 28.6. The summed E-state index contributed by atoms with van der Waals surface area (Å²) in [6, 6.07) is 14.8. The number of hydrogen-bond acceptors (Lipinski definition) is 9. The van der Waals surface area contributed by atoms with E-state index in [0.29, 0.717) is 60.8 Å². The van der Waals surface area contributed by atoms with Crippen LogP contribution < -0.4 is 14.2 Å². The predicted molar refractivity (Wildman–Crippen MR) is 161 cm³/mol. The molecule has 2 amide bonds. The summed E-state index contributed by atoms with van der Waals surface area (Å²) in [5, 5.41) is 17.9. The van der Waals surface area contributed by atoms with Gasteiger partial charge in [-0.2, -0.15) is 0 Å². The molecule has 44 heavy (non-hydrogen) atoms. The number of benzene rings is 1. The average molecular weight is 613 g/mol. The quantitative estimate of drug-likeness (QED) is 0.234. The Morgan fingerprint density at radius 3 is 2.41 bits per heavy atom. The number of piperazine rings is 1. The Morgan fingerprint density at radius 2 is 1.70 bits per heavy atom. The molecule has 2 N–H and O–H groups in total. The fraction of sp³-hybridized carbons (Fsp3) is 0.226. The van der Waals surface area contributed by atoms with E-state index >= 15 is 0 Å². The molecule has 5 rings (SSSR count). The molecule has 1 aliphatic rings. The molecule has 3 aromatic heterocycles. The van der Waals surface area contributed by atoms with Crippen LogP contribution in [0.15, 0.2) is 79.4 Å².